The highest BCUT2D eigenvalue weighted by Crippen LogP contribution is 2.37. The van der Waals surface area contributed by atoms with Crippen molar-refractivity contribution in [3.63, 3.8) is 0 Å². The molecule has 1 aromatic rings. The molecule has 2 unspecified atom stereocenters. The Morgan fingerprint density at radius 2 is 2.33 bits per heavy atom. The van der Waals surface area contributed by atoms with Crippen molar-refractivity contribution in [1.82, 2.24) is 15.5 Å². The standard InChI is InChI=1S/C10H17N3OS/c1-7(11-2)9-12-13-10(14-9)8-5-3-4-6-15-8/h7-8,11H,3-6H2,1-2H3. The maximum absolute atomic E-state index is 5.67. The zero-order valence-electron chi connectivity index (χ0n) is 9.19. The maximum atomic E-state index is 5.67. The van der Waals surface area contributed by atoms with Crippen molar-refractivity contribution in [2.45, 2.75) is 37.5 Å². The Labute approximate surface area is 94.2 Å². The van der Waals surface area contributed by atoms with Crippen molar-refractivity contribution in [3.05, 3.63) is 11.8 Å². The van der Waals surface area contributed by atoms with E-state index in [0.29, 0.717) is 11.1 Å². The number of rotatable bonds is 3. The average Bonchev–Trinajstić information content (AvgIpc) is 2.78. The quantitative estimate of drug-likeness (QED) is 0.858. The van der Waals surface area contributed by atoms with E-state index in [0.717, 1.165) is 5.89 Å². The van der Waals surface area contributed by atoms with E-state index in [4.69, 9.17) is 4.42 Å². The molecule has 0 radical (unpaired) electrons. The molecule has 15 heavy (non-hydrogen) atoms. The van der Waals surface area contributed by atoms with Crippen molar-refractivity contribution >= 4 is 11.8 Å². The topological polar surface area (TPSA) is 51.0 Å². The van der Waals surface area contributed by atoms with Gasteiger partial charge in [-0.1, -0.05) is 6.42 Å². The van der Waals surface area contributed by atoms with Crippen LogP contribution in [0, 0.1) is 0 Å². The van der Waals surface area contributed by atoms with Gasteiger partial charge in [-0.3, -0.25) is 0 Å². The van der Waals surface area contributed by atoms with E-state index in [9.17, 15) is 0 Å². The predicted octanol–water partition coefficient (Wildman–Crippen LogP) is 2.31. The van der Waals surface area contributed by atoms with Crippen LogP contribution in [0.3, 0.4) is 0 Å². The SMILES string of the molecule is CNC(C)c1nnc(C2CCCCS2)o1. The van der Waals surface area contributed by atoms with Gasteiger partial charge in [0.15, 0.2) is 0 Å². The Hall–Kier alpha value is -0.550. The second-order valence-electron chi connectivity index (χ2n) is 3.84. The lowest BCUT2D eigenvalue weighted by atomic mass is 10.2. The molecule has 0 bridgehead atoms. The Balaban J connectivity index is 2.05. The van der Waals surface area contributed by atoms with Gasteiger partial charge in [0.25, 0.3) is 0 Å². The molecule has 0 aliphatic carbocycles. The summed E-state index contributed by atoms with van der Waals surface area (Å²) in [7, 11) is 1.89. The molecule has 0 spiro atoms. The lowest BCUT2D eigenvalue weighted by Gasteiger charge is -2.17. The van der Waals surface area contributed by atoms with E-state index >= 15 is 0 Å². The van der Waals surface area contributed by atoms with Gasteiger partial charge in [-0.05, 0) is 32.6 Å². The van der Waals surface area contributed by atoms with Gasteiger partial charge in [0.05, 0.1) is 11.3 Å². The summed E-state index contributed by atoms with van der Waals surface area (Å²) < 4.78 is 5.67. The first-order valence-electron chi connectivity index (χ1n) is 5.43. The summed E-state index contributed by atoms with van der Waals surface area (Å²) in [6.45, 7) is 2.02. The van der Waals surface area contributed by atoms with Gasteiger partial charge in [-0.15, -0.1) is 22.0 Å². The van der Waals surface area contributed by atoms with Crippen LogP contribution in [-0.2, 0) is 0 Å². The van der Waals surface area contributed by atoms with Crippen LogP contribution in [-0.4, -0.2) is 23.0 Å². The molecule has 1 aliphatic heterocycles. The molecule has 1 aliphatic rings. The normalized spacial score (nSPS) is 24.0. The summed E-state index contributed by atoms with van der Waals surface area (Å²) in [4.78, 5) is 0. The summed E-state index contributed by atoms with van der Waals surface area (Å²) in [5.74, 6) is 2.71. The first-order valence-corrected chi connectivity index (χ1v) is 6.48. The Morgan fingerprint density at radius 1 is 1.47 bits per heavy atom. The summed E-state index contributed by atoms with van der Waals surface area (Å²) >= 11 is 1.93. The molecule has 0 aromatic carbocycles. The molecule has 0 amide bonds. The third kappa shape index (κ3) is 2.52. The van der Waals surface area contributed by atoms with Crippen molar-refractivity contribution in [2.24, 2.45) is 0 Å². The largest absolute Gasteiger partial charge is 0.422 e. The number of nitrogens with zero attached hydrogens (tertiary/aromatic N) is 2. The molecule has 1 fully saturated rings. The fourth-order valence-corrected chi connectivity index (χ4v) is 2.84. The number of hydrogen-bond acceptors (Lipinski definition) is 5. The molecule has 5 heteroatoms. The first-order chi connectivity index (χ1) is 7.31. The summed E-state index contributed by atoms with van der Waals surface area (Å²) in [5.41, 5.74) is 0. The van der Waals surface area contributed by atoms with E-state index in [1.165, 1.54) is 25.0 Å². The van der Waals surface area contributed by atoms with Gasteiger partial charge in [0, 0.05) is 0 Å². The van der Waals surface area contributed by atoms with Crippen LogP contribution in [0.1, 0.15) is 49.3 Å². The highest BCUT2D eigenvalue weighted by Gasteiger charge is 2.22. The molecule has 2 atom stereocenters. The summed E-state index contributed by atoms with van der Waals surface area (Å²) in [6.07, 6.45) is 3.76. The zero-order valence-corrected chi connectivity index (χ0v) is 10.0. The second-order valence-corrected chi connectivity index (χ2v) is 5.15. The molecule has 2 rings (SSSR count). The lowest BCUT2D eigenvalue weighted by molar-refractivity contribution is 0.397. The van der Waals surface area contributed by atoms with Gasteiger partial charge in [0.1, 0.15) is 0 Å². The third-order valence-corrected chi connectivity index (χ3v) is 4.08. The van der Waals surface area contributed by atoms with Gasteiger partial charge in [0.2, 0.25) is 11.8 Å². The second kappa shape index (κ2) is 4.99. The van der Waals surface area contributed by atoms with Crippen LogP contribution in [0.4, 0.5) is 0 Å². The van der Waals surface area contributed by atoms with Crippen molar-refractivity contribution in [1.29, 1.82) is 0 Å². The maximum Gasteiger partial charge on any atom is 0.233 e. The molecule has 1 aromatic heterocycles. The Morgan fingerprint density at radius 3 is 3.00 bits per heavy atom. The molecule has 4 nitrogen and oxygen atoms in total. The number of hydrogen-bond donors (Lipinski definition) is 1. The molecule has 0 saturated carbocycles. The van der Waals surface area contributed by atoms with Crippen LogP contribution < -0.4 is 5.32 Å². The monoisotopic (exact) mass is 227 g/mol. The highest BCUT2D eigenvalue weighted by molar-refractivity contribution is 7.99. The average molecular weight is 227 g/mol. The number of nitrogens with one attached hydrogen (secondary N) is 1. The van der Waals surface area contributed by atoms with E-state index in [2.05, 4.69) is 15.5 Å². The van der Waals surface area contributed by atoms with Crippen molar-refractivity contribution in [3.8, 4) is 0 Å². The Bertz CT molecular complexity index is 309. The van der Waals surface area contributed by atoms with E-state index < -0.39 is 0 Å². The van der Waals surface area contributed by atoms with E-state index in [1.807, 2.05) is 25.7 Å². The molecule has 1 N–H and O–H groups in total. The fraction of sp³-hybridized carbons (Fsp3) is 0.800. The minimum Gasteiger partial charge on any atom is -0.422 e. The van der Waals surface area contributed by atoms with Crippen molar-refractivity contribution in [2.75, 3.05) is 12.8 Å². The molecular weight excluding hydrogens is 210 g/mol. The summed E-state index contributed by atoms with van der Waals surface area (Å²) in [6, 6.07) is 0.139. The van der Waals surface area contributed by atoms with Gasteiger partial charge < -0.3 is 9.73 Å². The minimum atomic E-state index is 0.139. The molecular formula is C10H17N3OS. The molecule has 84 valence electrons. The fourth-order valence-electron chi connectivity index (χ4n) is 1.61. The summed E-state index contributed by atoms with van der Waals surface area (Å²) in [5, 5.41) is 11.7. The van der Waals surface area contributed by atoms with Crippen LogP contribution in [0.5, 0.6) is 0 Å². The smallest absolute Gasteiger partial charge is 0.233 e. The van der Waals surface area contributed by atoms with Crippen LogP contribution in [0.15, 0.2) is 4.42 Å². The third-order valence-electron chi connectivity index (χ3n) is 2.71. The lowest BCUT2D eigenvalue weighted by Crippen LogP contribution is -2.12. The van der Waals surface area contributed by atoms with Crippen LogP contribution in [0.25, 0.3) is 0 Å². The number of thioether (sulfide) groups is 1. The minimum absolute atomic E-state index is 0.139. The van der Waals surface area contributed by atoms with E-state index in [1.54, 1.807) is 0 Å². The predicted molar refractivity (Wildman–Crippen MR) is 60.8 cm³/mol. The highest BCUT2D eigenvalue weighted by atomic mass is 32.2. The van der Waals surface area contributed by atoms with Gasteiger partial charge in [-0.2, -0.15) is 0 Å². The van der Waals surface area contributed by atoms with Crippen molar-refractivity contribution < 1.29 is 4.42 Å². The van der Waals surface area contributed by atoms with Gasteiger partial charge in [-0.25, -0.2) is 0 Å². The van der Waals surface area contributed by atoms with Crippen LogP contribution in [0.2, 0.25) is 0 Å². The van der Waals surface area contributed by atoms with E-state index in [-0.39, 0.29) is 6.04 Å². The molecule has 2 heterocycles. The molecule has 1 saturated heterocycles. The number of aromatic nitrogens is 2. The van der Waals surface area contributed by atoms with Gasteiger partial charge >= 0.3 is 0 Å². The van der Waals surface area contributed by atoms with Crippen LogP contribution >= 0.6 is 11.8 Å². The first kappa shape index (κ1) is 11.0. The zero-order chi connectivity index (χ0) is 10.7. The Kier molecular flexibility index (Phi) is 3.64.